The van der Waals surface area contributed by atoms with Gasteiger partial charge in [-0.3, -0.25) is 24.6 Å². The lowest BCUT2D eigenvalue weighted by atomic mass is 9.49. The zero-order chi connectivity index (χ0) is 40.9. The Morgan fingerprint density at radius 1 is 0.772 bits per heavy atom. The number of carbonyl (C=O) groups excluding carboxylic acids is 4. The molecule has 4 amide bonds. The fourth-order valence-electron chi connectivity index (χ4n) is 9.09. The van der Waals surface area contributed by atoms with Crippen molar-refractivity contribution in [2.24, 2.45) is 23.7 Å². The van der Waals surface area contributed by atoms with Crippen LogP contribution in [0.5, 0.6) is 5.75 Å². The Morgan fingerprint density at radius 3 is 2.02 bits per heavy atom. The van der Waals surface area contributed by atoms with Crippen LogP contribution in [0.15, 0.2) is 96.6 Å². The van der Waals surface area contributed by atoms with E-state index in [2.05, 4.69) is 5.43 Å². The van der Waals surface area contributed by atoms with Crippen molar-refractivity contribution < 1.29 is 59.4 Å². The maximum absolute atomic E-state index is 15.3. The standard InChI is InChI=1S/C40H26ClF8N3O5/c41-21-6-4-18(5-7-21)38-29(35(55)52(37(38)57)50-23-10-8-22(42)9-11-23)17-28-25(32(38)27-2-1-3-30(43)33(27)53)12-13-26-31(28)36(56)51(34(26)54)24-15-19(39(44,45)46)14-20(16-24)40(47,48)49/h1-12,14-16,26,28-29,31-32,50,53H,13,17H2. The molecule has 0 spiro atoms. The number of nitrogens with one attached hydrogen (secondary N) is 1. The van der Waals surface area contributed by atoms with Gasteiger partial charge in [0.1, 0.15) is 5.82 Å². The first kappa shape index (κ1) is 38.1. The molecule has 4 aromatic rings. The van der Waals surface area contributed by atoms with E-state index in [0.29, 0.717) is 5.01 Å². The van der Waals surface area contributed by atoms with Gasteiger partial charge in [0.15, 0.2) is 11.6 Å². The van der Waals surface area contributed by atoms with Crippen LogP contribution in [0.25, 0.3) is 0 Å². The molecule has 3 fully saturated rings. The number of carbonyl (C=O) groups is 4. The summed E-state index contributed by atoms with van der Waals surface area (Å²) in [7, 11) is 0. The molecule has 2 aliphatic heterocycles. The van der Waals surface area contributed by atoms with Gasteiger partial charge in [-0.1, -0.05) is 47.5 Å². The summed E-state index contributed by atoms with van der Waals surface area (Å²) in [5, 5.41) is 12.2. The van der Waals surface area contributed by atoms with Gasteiger partial charge in [0.2, 0.25) is 11.8 Å². The van der Waals surface area contributed by atoms with E-state index in [4.69, 9.17) is 11.6 Å². The number of anilines is 2. The van der Waals surface area contributed by atoms with Crippen molar-refractivity contribution in [3.8, 4) is 5.75 Å². The van der Waals surface area contributed by atoms with Crippen LogP contribution in [-0.4, -0.2) is 33.7 Å². The highest BCUT2D eigenvalue weighted by molar-refractivity contribution is 6.30. The van der Waals surface area contributed by atoms with Crippen molar-refractivity contribution in [1.82, 2.24) is 5.01 Å². The van der Waals surface area contributed by atoms with Crippen LogP contribution in [0.2, 0.25) is 5.02 Å². The summed E-state index contributed by atoms with van der Waals surface area (Å²) in [6.07, 6.45) is -9.75. The Morgan fingerprint density at radius 2 is 1.40 bits per heavy atom. The first-order valence-corrected chi connectivity index (χ1v) is 17.7. The second-order valence-corrected chi connectivity index (χ2v) is 14.8. The van der Waals surface area contributed by atoms with Crippen molar-refractivity contribution in [3.05, 3.63) is 135 Å². The second-order valence-electron chi connectivity index (χ2n) is 14.3. The number of allylic oxidation sites excluding steroid dienone is 2. The Balaban J connectivity index is 1.31. The number of phenolic OH excluding ortho intramolecular Hbond substituents is 1. The number of rotatable bonds is 5. The van der Waals surface area contributed by atoms with Gasteiger partial charge in [-0.15, -0.1) is 0 Å². The molecule has 6 atom stereocenters. The van der Waals surface area contributed by atoms with Crippen molar-refractivity contribution in [2.45, 2.75) is 36.5 Å². The number of para-hydroxylation sites is 1. The van der Waals surface area contributed by atoms with E-state index < -0.39 is 105 Å². The number of benzene rings is 4. The number of fused-ring (bicyclic) bond motifs is 4. The lowest BCUT2D eigenvalue weighted by Gasteiger charge is -2.50. The number of alkyl halides is 6. The Bertz CT molecular complexity index is 2370. The summed E-state index contributed by atoms with van der Waals surface area (Å²) < 4.78 is 112. The molecule has 0 radical (unpaired) electrons. The van der Waals surface area contributed by atoms with Crippen molar-refractivity contribution in [1.29, 1.82) is 0 Å². The lowest BCUT2D eigenvalue weighted by molar-refractivity contribution is -0.143. The highest BCUT2D eigenvalue weighted by Crippen LogP contribution is 2.65. The molecule has 8 nitrogen and oxygen atoms in total. The summed E-state index contributed by atoms with van der Waals surface area (Å²) in [5.74, 6) is -13.5. The molecule has 0 bridgehead atoms. The number of halogens is 9. The molecule has 2 saturated heterocycles. The second kappa shape index (κ2) is 13.1. The molecule has 2 heterocycles. The zero-order valence-electron chi connectivity index (χ0n) is 28.8. The van der Waals surface area contributed by atoms with Crippen LogP contribution in [-0.2, 0) is 36.9 Å². The highest BCUT2D eigenvalue weighted by Gasteiger charge is 2.71. The van der Waals surface area contributed by atoms with E-state index in [1.807, 2.05) is 0 Å². The van der Waals surface area contributed by atoms with E-state index in [-0.39, 0.29) is 63.4 Å². The number of phenols is 1. The monoisotopic (exact) mass is 815 g/mol. The summed E-state index contributed by atoms with van der Waals surface area (Å²) in [5.41, 5.74) is -3.46. The molecule has 4 aromatic carbocycles. The number of hydrogen-bond donors (Lipinski definition) is 2. The first-order valence-electron chi connectivity index (χ1n) is 17.3. The highest BCUT2D eigenvalue weighted by atomic mass is 35.5. The van der Waals surface area contributed by atoms with Gasteiger partial charge in [0.05, 0.1) is 45.7 Å². The van der Waals surface area contributed by atoms with Crippen LogP contribution in [0, 0.1) is 35.3 Å². The van der Waals surface area contributed by atoms with Crippen LogP contribution < -0.4 is 10.3 Å². The van der Waals surface area contributed by atoms with E-state index in [0.717, 1.165) is 18.2 Å². The van der Waals surface area contributed by atoms with Crippen molar-refractivity contribution in [2.75, 3.05) is 10.3 Å². The van der Waals surface area contributed by atoms with Crippen molar-refractivity contribution in [3.63, 3.8) is 0 Å². The molecule has 6 unspecified atom stereocenters. The lowest BCUT2D eigenvalue weighted by Crippen LogP contribution is -2.53. The zero-order valence-corrected chi connectivity index (χ0v) is 29.6. The molecule has 4 aliphatic rings. The number of aromatic hydroxyl groups is 1. The van der Waals surface area contributed by atoms with E-state index in [1.54, 1.807) is 0 Å². The maximum atomic E-state index is 15.3. The summed E-state index contributed by atoms with van der Waals surface area (Å²) in [6, 6.07) is 14.4. The van der Waals surface area contributed by atoms with Gasteiger partial charge < -0.3 is 5.11 Å². The summed E-state index contributed by atoms with van der Waals surface area (Å²) >= 11 is 6.23. The summed E-state index contributed by atoms with van der Waals surface area (Å²) in [6.45, 7) is 0. The molecular weight excluding hydrogens is 790 g/mol. The molecule has 8 rings (SSSR count). The van der Waals surface area contributed by atoms with E-state index in [1.165, 1.54) is 54.6 Å². The third-order valence-corrected chi connectivity index (χ3v) is 11.7. The molecule has 57 heavy (non-hydrogen) atoms. The van der Waals surface area contributed by atoms with Gasteiger partial charge in [-0.25, -0.2) is 13.7 Å². The minimum Gasteiger partial charge on any atom is -0.505 e. The first-order chi connectivity index (χ1) is 26.8. The van der Waals surface area contributed by atoms with Gasteiger partial charge in [0, 0.05) is 16.5 Å². The number of hydrazine groups is 1. The molecule has 0 aromatic heterocycles. The van der Waals surface area contributed by atoms with Crippen LogP contribution in [0.3, 0.4) is 0 Å². The minimum atomic E-state index is -5.29. The average Bonchev–Trinajstić information content (AvgIpc) is 3.54. The Kier molecular flexibility index (Phi) is 8.79. The van der Waals surface area contributed by atoms with Crippen LogP contribution in [0.1, 0.15) is 41.0 Å². The largest absolute Gasteiger partial charge is 0.505 e. The Hall–Kier alpha value is -5.77. The fourth-order valence-corrected chi connectivity index (χ4v) is 9.21. The quantitative estimate of drug-likeness (QED) is 0.119. The maximum Gasteiger partial charge on any atom is 0.416 e. The number of nitrogens with zero attached hydrogens (tertiary/aromatic N) is 2. The number of hydrogen-bond acceptors (Lipinski definition) is 6. The molecule has 17 heteroatoms. The van der Waals surface area contributed by atoms with Crippen LogP contribution in [0.4, 0.5) is 46.5 Å². The molecule has 2 aliphatic carbocycles. The topological polar surface area (TPSA) is 107 Å². The average molecular weight is 816 g/mol. The van der Waals surface area contributed by atoms with Gasteiger partial charge in [0.25, 0.3) is 11.8 Å². The van der Waals surface area contributed by atoms with E-state index >= 15 is 9.18 Å². The third-order valence-electron chi connectivity index (χ3n) is 11.4. The molecule has 2 N–H and O–H groups in total. The smallest absolute Gasteiger partial charge is 0.416 e. The molecule has 1 saturated carbocycles. The minimum absolute atomic E-state index is 0.108. The molecule has 294 valence electrons. The van der Waals surface area contributed by atoms with Crippen molar-refractivity contribution >= 4 is 46.6 Å². The predicted octanol–water partition coefficient (Wildman–Crippen LogP) is 8.55. The number of amides is 4. The summed E-state index contributed by atoms with van der Waals surface area (Å²) in [4.78, 5) is 58.5. The number of imide groups is 2. The Labute approximate surface area is 322 Å². The normalized spacial score (nSPS) is 26.0. The third kappa shape index (κ3) is 5.86. The predicted molar refractivity (Wildman–Crippen MR) is 186 cm³/mol. The van der Waals surface area contributed by atoms with Gasteiger partial charge in [-0.05, 0) is 85.0 Å². The molecular formula is C40H26ClF8N3O5. The van der Waals surface area contributed by atoms with Gasteiger partial charge in [-0.2, -0.15) is 31.4 Å². The fraction of sp³-hybridized carbons (Fsp3) is 0.250. The van der Waals surface area contributed by atoms with E-state index in [9.17, 15) is 50.2 Å². The van der Waals surface area contributed by atoms with Gasteiger partial charge >= 0.3 is 12.4 Å². The van der Waals surface area contributed by atoms with Crippen LogP contribution >= 0.6 is 11.6 Å². The SMILES string of the molecule is O=C1C2CC3C(=CCC4C(=O)N(c5cc(C(F)(F)F)cc(C(F)(F)F)c5)C(=O)C43)C(c3cccc(F)c3O)C2(c2ccc(Cl)cc2)C(=O)N1Nc1ccc(F)cc1.